The largest absolute Gasteiger partial charge is 0.465 e. The van der Waals surface area contributed by atoms with Crippen LogP contribution in [0.15, 0.2) is 61.1 Å². The summed E-state index contributed by atoms with van der Waals surface area (Å²) in [6.45, 7) is 0.215. The van der Waals surface area contributed by atoms with Gasteiger partial charge < -0.3 is 39.7 Å². The third-order valence-corrected chi connectivity index (χ3v) is 6.58. The molecule has 0 radical (unpaired) electrons. The highest BCUT2D eigenvalue weighted by Gasteiger charge is 2.19. The summed E-state index contributed by atoms with van der Waals surface area (Å²) in [6.07, 6.45) is 4.93. The quantitative estimate of drug-likeness (QED) is 0.160. The van der Waals surface area contributed by atoms with Gasteiger partial charge in [0.05, 0.1) is 42.2 Å². The number of nitrogens with one attached hydrogen (secondary N) is 4. The first kappa shape index (κ1) is 30.8. The highest BCUT2D eigenvalue weighted by atomic mass is 16.5. The number of hydrogen-bond acceptors (Lipinski definition) is 7. The first-order valence-electron chi connectivity index (χ1n) is 13.3. The Labute approximate surface area is 252 Å². The number of benzene rings is 1. The van der Waals surface area contributed by atoms with Gasteiger partial charge in [0, 0.05) is 51.8 Å². The summed E-state index contributed by atoms with van der Waals surface area (Å²) in [5.74, 6) is -2.24. The molecule has 1 aromatic carbocycles. The van der Waals surface area contributed by atoms with E-state index in [2.05, 4.69) is 26.0 Å². The molecule has 0 bridgehead atoms. The lowest BCUT2D eigenvalue weighted by molar-refractivity contribution is 0.0600. The van der Waals surface area contributed by atoms with Gasteiger partial charge in [-0.1, -0.05) is 0 Å². The molecule has 4 rings (SSSR count). The third-order valence-electron chi connectivity index (χ3n) is 6.58. The van der Waals surface area contributed by atoms with Gasteiger partial charge in [0.15, 0.2) is 0 Å². The lowest BCUT2D eigenvalue weighted by Crippen LogP contribution is -2.25. The summed E-state index contributed by atoms with van der Waals surface area (Å²) in [7, 11) is 6.23. The van der Waals surface area contributed by atoms with Crippen molar-refractivity contribution in [1.82, 2.24) is 19.0 Å². The monoisotopic (exact) mass is 598 g/mol. The fraction of sp³-hybridized carbons (Fsp3) is 0.200. The second kappa shape index (κ2) is 13.3. The van der Waals surface area contributed by atoms with Gasteiger partial charge in [-0.2, -0.15) is 5.26 Å². The average Bonchev–Trinajstić information content (AvgIpc) is 3.67. The van der Waals surface area contributed by atoms with E-state index in [0.717, 1.165) is 0 Å². The molecule has 3 aromatic heterocycles. The average molecular weight is 599 g/mol. The number of carbonyl (C=O) groups excluding carboxylic acids is 5. The maximum atomic E-state index is 13.1. The van der Waals surface area contributed by atoms with Crippen LogP contribution in [0.2, 0.25) is 0 Å². The number of carbonyl (C=O) groups is 5. The second-order valence-corrected chi connectivity index (χ2v) is 9.77. The molecule has 4 amide bonds. The van der Waals surface area contributed by atoms with Crippen LogP contribution >= 0.6 is 0 Å². The first-order valence-corrected chi connectivity index (χ1v) is 13.3. The molecule has 0 saturated heterocycles. The molecule has 44 heavy (non-hydrogen) atoms. The Morgan fingerprint density at radius 3 is 1.52 bits per heavy atom. The van der Waals surface area contributed by atoms with E-state index >= 15 is 0 Å². The zero-order chi connectivity index (χ0) is 32.0. The van der Waals surface area contributed by atoms with Gasteiger partial charge in [0.1, 0.15) is 17.1 Å². The maximum Gasteiger partial charge on any atom is 0.337 e. The van der Waals surface area contributed by atoms with Crippen LogP contribution in [0.25, 0.3) is 0 Å². The van der Waals surface area contributed by atoms with Crippen LogP contribution in [-0.4, -0.2) is 57.0 Å². The van der Waals surface area contributed by atoms with E-state index in [1.807, 2.05) is 6.07 Å². The van der Waals surface area contributed by atoms with Crippen LogP contribution in [0.5, 0.6) is 0 Å². The fourth-order valence-electron chi connectivity index (χ4n) is 4.37. The number of methoxy groups -OCH3 is 1. The van der Waals surface area contributed by atoms with Gasteiger partial charge >= 0.3 is 5.97 Å². The molecule has 0 spiro atoms. The second-order valence-electron chi connectivity index (χ2n) is 9.77. The number of hydrogen-bond donors (Lipinski definition) is 4. The molecular weight excluding hydrogens is 568 g/mol. The van der Waals surface area contributed by atoms with Gasteiger partial charge in [-0.3, -0.25) is 19.2 Å². The molecule has 14 heteroatoms. The standard InChI is InChI=1S/C30H30N8O6/c1-36-16-21(12-23(36)27(40)32-11-5-10-31)34-29(42)25-14-22(17-38(25)3)35-28(41)24-13-20(15-37(24)2)33-26(39)18-6-8-19(9-7-18)30(43)44-4/h6-9,12-17H,5,11H2,1-4H3,(H,32,40)(H,33,39)(H,34,42)(H,35,41). The first-order chi connectivity index (χ1) is 21.0. The van der Waals surface area contributed by atoms with Crippen molar-refractivity contribution in [2.24, 2.45) is 21.1 Å². The fourth-order valence-corrected chi connectivity index (χ4v) is 4.37. The molecule has 0 unspecified atom stereocenters. The van der Waals surface area contributed by atoms with Crippen molar-refractivity contribution in [3.05, 3.63) is 89.3 Å². The van der Waals surface area contributed by atoms with E-state index in [1.165, 1.54) is 49.6 Å². The number of anilines is 3. The van der Waals surface area contributed by atoms with Crippen molar-refractivity contribution < 1.29 is 28.7 Å². The van der Waals surface area contributed by atoms with Gasteiger partial charge in [-0.15, -0.1) is 0 Å². The molecule has 0 aliphatic carbocycles. The highest BCUT2D eigenvalue weighted by Crippen LogP contribution is 2.20. The van der Waals surface area contributed by atoms with Crippen LogP contribution < -0.4 is 21.3 Å². The Morgan fingerprint density at radius 1 is 0.682 bits per heavy atom. The molecule has 4 N–H and O–H groups in total. The van der Waals surface area contributed by atoms with E-state index in [9.17, 15) is 24.0 Å². The Bertz CT molecular complexity index is 1790. The van der Waals surface area contributed by atoms with Crippen molar-refractivity contribution in [3.8, 4) is 6.07 Å². The van der Waals surface area contributed by atoms with E-state index in [1.54, 1.807) is 53.4 Å². The Kier molecular flexibility index (Phi) is 9.29. The number of esters is 1. The Balaban J connectivity index is 1.39. The molecular formula is C30H30N8O6. The molecule has 14 nitrogen and oxygen atoms in total. The zero-order valence-corrected chi connectivity index (χ0v) is 24.4. The maximum absolute atomic E-state index is 13.1. The highest BCUT2D eigenvalue weighted by molar-refractivity contribution is 6.09. The number of aryl methyl sites for hydroxylation is 3. The SMILES string of the molecule is COC(=O)c1ccc(C(=O)Nc2cc(C(=O)Nc3cc(C(=O)Nc4cc(C(=O)NCCC#N)n(C)c4)n(C)c3)n(C)c2)cc1. The number of aromatic nitrogens is 3. The van der Waals surface area contributed by atoms with Crippen molar-refractivity contribution >= 4 is 46.7 Å². The topological polar surface area (TPSA) is 181 Å². The number of amides is 4. The molecule has 0 atom stereocenters. The van der Waals surface area contributed by atoms with Crippen LogP contribution in [0.1, 0.15) is 58.6 Å². The summed E-state index contributed by atoms with van der Waals surface area (Å²) >= 11 is 0. The Morgan fingerprint density at radius 2 is 1.09 bits per heavy atom. The molecule has 0 aliphatic heterocycles. The normalized spacial score (nSPS) is 10.4. The van der Waals surface area contributed by atoms with E-state index in [0.29, 0.717) is 33.9 Å². The summed E-state index contributed by atoms with van der Waals surface area (Å²) in [4.78, 5) is 62.7. The van der Waals surface area contributed by atoms with E-state index in [4.69, 9.17) is 5.26 Å². The lowest BCUT2D eigenvalue weighted by Gasteiger charge is -2.04. The number of rotatable bonds is 10. The van der Waals surface area contributed by atoms with E-state index < -0.39 is 23.7 Å². The van der Waals surface area contributed by atoms with E-state index in [-0.39, 0.29) is 30.3 Å². The molecule has 0 fully saturated rings. The zero-order valence-electron chi connectivity index (χ0n) is 24.4. The minimum absolute atomic E-state index is 0.184. The molecule has 226 valence electrons. The van der Waals surface area contributed by atoms with Crippen molar-refractivity contribution in [1.29, 1.82) is 5.26 Å². The lowest BCUT2D eigenvalue weighted by atomic mass is 10.1. The minimum atomic E-state index is -0.512. The molecule has 4 aromatic rings. The van der Waals surface area contributed by atoms with Gasteiger partial charge in [-0.25, -0.2) is 4.79 Å². The summed E-state index contributed by atoms with van der Waals surface area (Å²) in [5.41, 5.74) is 2.59. The van der Waals surface area contributed by atoms with Crippen molar-refractivity contribution in [2.75, 3.05) is 29.6 Å². The summed E-state index contributed by atoms with van der Waals surface area (Å²) in [6, 6.07) is 12.4. The summed E-state index contributed by atoms with van der Waals surface area (Å²) in [5, 5.41) is 19.5. The van der Waals surface area contributed by atoms with Gasteiger partial charge in [-0.05, 0) is 42.5 Å². The Hall–Kier alpha value is -6.10. The smallest absolute Gasteiger partial charge is 0.337 e. The van der Waals surface area contributed by atoms with Crippen LogP contribution in [0, 0.1) is 11.3 Å². The van der Waals surface area contributed by atoms with Gasteiger partial charge in [0.25, 0.3) is 23.6 Å². The predicted octanol–water partition coefficient (Wildman–Crippen LogP) is 2.89. The van der Waals surface area contributed by atoms with Crippen LogP contribution in [0.4, 0.5) is 17.1 Å². The van der Waals surface area contributed by atoms with Crippen LogP contribution in [-0.2, 0) is 25.9 Å². The molecule has 0 aliphatic rings. The molecule has 0 saturated carbocycles. The van der Waals surface area contributed by atoms with Crippen molar-refractivity contribution in [3.63, 3.8) is 0 Å². The summed E-state index contributed by atoms with van der Waals surface area (Å²) < 4.78 is 9.31. The molecule has 3 heterocycles. The minimum Gasteiger partial charge on any atom is -0.465 e. The number of nitriles is 1. The predicted molar refractivity (Wildman–Crippen MR) is 160 cm³/mol. The third kappa shape index (κ3) is 7.02. The number of ether oxygens (including phenoxy) is 1. The van der Waals surface area contributed by atoms with Gasteiger partial charge in [0.2, 0.25) is 0 Å². The van der Waals surface area contributed by atoms with Crippen molar-refractivity contribution in [2.45, 2.75) is 6.42 Å². The number of nitrogens with zero attached hydrogens (tertiary/aromatic N) is 4. The van der Waals surface area contributed by atoms with Crippen LogP contribution in [0.3, 0.4) is 0 Å².